The van der Waals surface area contributed by atoms with Gasteiger partial charge in [-0.15, -0.1) is 11.3 Å². The van der Waals surface area contributed by atoms with Crippen molar-refractivity contribution >= 4 is 33.1 Å². The summed E-state index contributed by atoms with van der Waals surface area (Å²) < 4.78 is 41.4. The van der Waals surface area contributed by atoms with Gasteiger partial charge in [0, 0.05) is 27.1 Å². The van der Waals surface area contributed by atoms with Gasteiger partial charge in [-0.25, -0.2) is 9.97 Å². The molecule has 0 aliphatic carbocycles. The number of hydrogen-bond donors (Lipinski definition) is 1. The van der Waals surface area contributed by atoms with E-state index >= 15 is 0 Å². The molecule has 10 heteroatoms. The smallest absolute Gasteiger partial charge is 0.383 e. The number of nitrogen functional groups attached to an aromatic ring is 1. The molecule has 0 spiro atoms. The predicted octanol–water partition coefficient (Wildman–Crippen LogP) is 3.75. The Morgan fingerprint density at radius 1 is 1.23 bits per heavy atom. The summed E-state index contributed by atoms with van der Waals surface area (Å²) in [5.74, 6) is -0.180. The van der Waals surface area contributed by atoms with E-state index in [-0.39, 0.29) is 17.3 Å². The maximum absolute atomic E-state index is 13.3. The van der Waals surface area contributed by atoms with E-state index in [0.29, 0.717) is 9.35 Å². The van der Waals surface area contributed by atoms with Gasteiger partial charge in [-0.3, -0.25) is 0 Å². The van der Waals surface area contributed by atoms with E-state index in [1.165, 1.54) is 12.4 Å². The van der Waals surface area contributed by atoms with Gasteiger partial charge in [0.25, 0.3) is 5.95 Å². The Labute approximate surface area is 134 Å². The average Bonchev–Trinajstić information content (AvgIpc) is 3.03. The third-order valence-electron chi connectivity index (χ3n) is 2.75. The Morgan fingerprint density at radius 2 is 1.91 bits per heavy atom. The molecule has 3 aromatic heterocycles. The minimum atomic E-state index is -4.64. The molecule has 3 heterocycles. The average molecular weight is 390 g/mol. The molecule has 3 rings (SSSR count). The first-order valence-corrected chi connectivity index (χ1v) is 7.52. The van der Waals surface area contributed by atoms with Crippen LogP contribution in [0.25, 0.3) is 16.4 Å². The van der Waals surface area contributed by atoms with Crippen LogP contribution in [-0.4, -0.2) is 19.7 Å². The maximum atomic E-state index is 13.3. The number of alkyl halides is 3. The van der Waals surface area contributed by atoms with E-state index < -0.39 is 11.9 Å². The first-order valence-electron chi connectivity index (χ1n) is 5.85. The number of anilines is 1. The molecular formula is C12H7BrF3N5S. The molecule has 22 heavy (non-hydrogen) atoms. The molecule has 0 aliphatic rings. The van der Waals surface area contributed by atoms with Crippen LogP contribution >= 0.6 is 27.3 Å². The third kappa shape index (κ3) is 2.59. The largest absolute Gasteiger partial charge is 0.435 e. The molecule has 0 unspecified atom stereocenters. The zero-order valence-electron chi connectivity index (χ0n) is 10.7. The second-order valence-electron chi connectivity index (χ2n) is 4.20. The lowest BCUT2D eigenvalue weighted by molar-refractivity contribution is -0.140. The Kier molecular flexibility index (Phi) is 3.65. The topological polar surface area (TPSA) is 69.6 Å². The van der Waals surface area contributed by atoms with Crippen molar-refractivity contribution in [2.45, 2.75) is 6.18 Å². The van der Waals surface area contributed by atoms with E-state index in [0.717, 1.165) is 16.0 Å². The van der Waals surface area contributed by atoms with Gasteiger partial charge in [0.2, 0.25) is 0 Å². The van der Waals surface area contributed by atoms with Gasteiger partial charge in [0.15, 0.2) is 5.69 Å². The van der Waals surface area contributed by atoms with Crippen molar-refractivity contribution in [3.63, 3.8) is 0 Å². The van der Waals surface area contributed by atoms with Crippen LogP contribution in [0.3, 0.4) is 0 Å². The van der Waals surface area contributed by atoms with Gasteiger partial charge >= 0.3 is 6.18 Å². The molecule has 0 saturated carbocycles. The second kappa shape index (κ2) is 5.36. The van der Waals surface area contributed by atoms with E-state index in [1.54, 1.807) is 17.5 Å². The Bertz CT molecular complexity index is 812. The molecule has 114 valence electrons. The number of thiophene rings is 1. The molecular weight excluding hydrogens is 383 g/mol. The molecule has 0 radical (unpaired) electrons. The van der Waals surface area contributed by atoms with E-state index in [1.807, 2.05) is 0 Å². The number of aromatic nitrogens is 4. The summed E-state index contributed by atoms with van der Waals surface area (Å²) in [5, 5.41) is 5.24. The first kappa shape index (κ1) is 15.0. The molecule has 2 N–H and O–H groups in total. The summed E-state index contributed by atoms with van der Waals surface area (Å²) in [7, 11) is 0. The summed E-state index contributed by atoms with van der Waals surface area (Å²) >= 11 is 4.35. The number of hydrogen-bond acceptors (Lipinski definition) is 5. The first-order chi connectivity index (χ1) is 10.4. The molecule has 5 nitrogen and oxygen atoms in total. The number of nitrogens with two attached hydrogens (primary N) is 1. The molecule has 3 aromatic rings. The fraction of sp³-hybridized carbons (Fsp3) is 0.0833. The normalized spacial score (nSPS) is 11.8. The molecule has 0 aliphatic heterocycles. The Morgan fingerprint density at radius 3 is 2.45 bits per heavy atom. The minimum Gasteiger partial charge on any atom is -0.383 e. The van der Waals surface area contributed by atoms with Crippen LogP contribution in [0.5, 0.6) is 0 Å². The van der Waals surface area contributed by atoms with Crippen LogP contribution in [0, 0.1) is 0 Å². The van der Waals surface area contributed by atoms with Crippen molar-refractivity contribution in [2.24, 2.45) is 0 Å². The van der Waals surface area contributed by atoms with E-state index in [2.05, 4.69) is 31.0 Å². The van der Waals surface area contributed by atoms with Crippen LogP contribution in [0.1, 0.15) is 5.69 Å². The highest BCUT2D eigenvalue weighted by Crippen LogP contribution is 2.43. The second-order valence-corrected chi connectivity index (χ2v) is 6.02. The monoisotopic (exact) mass is 389 g/mol. The predicted molar refractivity (Wildman–Crippen MR) is 79.6 cm³/mol. The Balaban J connectivity index is 2.26. The molecule has 0 amide bonds. The molecule has 0 atom stereocenters. The van der Waals surface area contributed by atoms with Crippen LogP contribution in [0.2, 0.25) is 0 Å². The maximum Gasteiger partial charge on any atom is 0.435 e. The van der Waals surface area contributed by atoms with Crippen molar-refractivity contribution < 1.29 is 13.2 Å². The Hall–Kier alpha value is -1.94. The SMILES string of the molecule is Nc1c(-c2cc(Br)cs2)c(C(F)(F)F)nn1-c1ncccn1. The van der Waals surface area contributed by atoms with E-state index in [9.17, 15) is 13.2 Å². The van der Waals surface area contributed by atoms with Crippen LogP contribution < -0.4 is 5.73 Å². The van der Waals surface area contributed by atoms with Gasteiger partial charge < -0.3 is 5.73 Å². The summed E-state index contributed by atoms with van der Waals surface area (Å²) in [4.78, 5) is 8.12. The highest BCUT2D eigenvalue weighted by molar-refractivity contribution is 9.10. The number of rotatable bonds is 2. The van der Waals surface area contributed by atoms with Crippen molar-refractivity contribution in [3.8, 4) is 16.4 Å². The minimum absolute atomic E-state index is 0.0210. The highest BCUT2D eigenvalue weighted by Gasteiger charge is 2.40. The van der Waals surface area contributed by atoms with Crippen LogP contribution in [0.4, 0.5) is 19.0 Å². The summed E-state index contributed by atoms with van der Waals surface area (Å²) in [5.41, 5.74) is 4.65. The standard InChI is InChI=1S/C12H7BrF3N5S/c13-6-4-7(22-5-6)8-9(12(14,15)16)20-21(10(8)17)11-18-2-1-3-19-11/h1-5H,17H2. The number of halogens is 4. The summed E-state index contributed by atoms with van der Waals surface area (Å²) in [6.07, 6.45) is -1.84. The van der Waals surface area contributed by atoms with Gasteiger partial charge in [0.1, 0.15) is 5.82 Å². The quantitative estimate of drug-likeness (QED) is 0.724. The van der Waals surface area contributed by atoms with Crippen molar-refractivity contribution in [1.29, 1.82) is 0 Å². The summed E-state index contributed by atoms with van der Waals surface area (Å²) in [6.45, 7) is 0. The van der Waals surface area contributed by atoms with Crippen molar-refractivity contribution in [1.82, 2.24) is 19.7 Å². The van der Waals surface area contributed by atoms with Crippen molar-refractivity contribution in [3.05, 3.63) is 40.1 Å². The molecule has 0 aromatic carbocycles. The van der Waals surface area contributed by atoms with Crippen LogP contribution in [-0.2, 0) is 6.18 Å². The van der Waals surface area contributed by atoms with Crippen molar-refractivity contribution in [2.75, 3.05) is 5.73 Å². The molecule has 0 saturated heterocycles. The molecule has 0 bridgehead atoms. The zero-order chi connectivity index (χ0) is 15.9. The lowest BCUT2D eigenvalue weighted by Gasteiger charge is -2.04. The molecule has 0 fully saturated rings. The van der Waals surface area contributed by atoms with Gasteiger partial charge in [-0.05, 0) is 28.1 Å². The van der Waals surface area contributed by atoms with Gasteiger partial charge in [-0.1, -0.05) is 0 Å². The van der Waals surface area contributed by atoms with Gasteiger partial charge in [0.05, 0.1) is 5.56 Å². The van der Waals surface area contributed by atoms with E-state index in [4.69, 9.17) is 5.73 Å². The third-order valence-corrected chi connectivity index (χ3v) is 4.45. The fourth-order valence-electron chi connectivity index (χ4n) is 1.87. The van der Waals surface area contributed by atoms with Crippen LogP contribution in [0.15, 0.2) is 34.4 Å². The van der Waals surface area contributed by atoms with Gasteiger partial charge in [-0.2, -0.15) is 23.0 Å². The summed E-state index contributed by atoms with van der Waals surface area (Å²) in [6, 6.07) is 3.11. The lowest BCUT2D eigenvalue weighted by atomic mass is 10.2. The number of nitrogens with zero attached hydrogens (tertiary/aromatic N) is 4. The fourth-order valence-corrected chi connectivity index (χ4v) is 3.35. The highest BCUT2D eigenvalue weighted by atomic mass is 79.9. The zero-order valence-corrected chi connectivity index (χ0v) is 13.1. The lowest BCUT2D eigenvalue weighted by Crippen LogP contribution is -2.09.